The van der Waals surface area contributed by atoms with Crippen molar-refractivity contribution in [2.75, 3.05) is 13.1 Å². The fourth-order valence-corrected chi connectivity index (χ4v) is 2.39. The maximum Gasteiger partial charge on any atom is 0.410 e. The van der Waals surface area contributed by atoms with Crippen LogP contribution >= 0.6 is 0 Å². The van der Waals surface area contributed by atoms with Gasteiger partial charge in [-0.25, -0.2) is 4.79 Å². The number of benzene rings is 1. The molecule has 1 aliphatic rings. The number of likely N-dealkylation sites (tertiary alicyclic amines) is 1. The summed E-state index contributed by atoms with van der Waals surface area (Å²) in [7, 11) is 0. The van der Waals surface area contributed by atoms with Crippen LogP contribution in [-0.2, 0) is 11.3 Å². The molecule has 1 aromatic rings. The molecule has 2 rings (SSSR count). The number of piperidine rings is 1. The molecule has 1 heterocycles. The lowest BCUT2D eigenvalue weighted by Gasteiger charge is -2.34. The maximum atomic E-state index is 12.1. The SMILES string of the molecule is NNCC1CCCCN1C(=O)OCc1ccccc1. The van der Waals surface area contributed by atoms with E-state index in [4.69, 9.17) is 10.6 Å². The van der Waals surface area contributed by atoms with E-state index in [0.717, 1.165) is 31.4 Å². The molecule has 1 unspecified atom stereocenters. The molecule has 0 aromatic heterocycles. The molecule has 104 valence electrons. The fraction of sp³-hybridized carbons (Fsp3) is 0.500. The monoisotopic (exact) mass is 263 g/mol. The molecule has 1 aromatic carbocycles. The number of nitrogens with one attached hydrogen (secondary N) is 1. The number of rotatable bonds is 4. The highest BCUT2D eigenvalue weighted by Gasteiger charge is 2.27. The summed E-state index contributed by atoms with van der Waals surface area (Å²) in [5.74, 6) is 5.36. The summed E-state index contributed by atoms with van der Waals surface area (Å²) in [6.07, 6.45) is 2.89. The van der Waals surface area contributed by atoms with E-state index in [1.807, 2.05) is 30.3 Å². The number of hydrogen-bond donors (Lipinski definition) is 2. The zero-order valence-corrected chi connectivity index (χ0v) is 11.0. The molecule has 1 saturated heterocycles. The predicted octanol–water partition coefficient (Wildman–Crippen LogP) is 1.64. The second-order valence-electron chi connectivity index (χ2n) is 4.79. The van der Waals surface area contributed by atoms with Crippen molar-refractivity contribution < 1.29 is 9.53 Å². The Hall–Kier alpha value is -1.59. The third-order valence-corrected chi connectivity index (χ3v) is 3.42. The Labute approximate surface area is 113 Å². The lowest BCUT2D eigenvalue weighted by Crippen LogP contribution is -2.49. The van der Waals surface area contributed by atoms with E-state index in [0.29, 0.717) is 13.2 Å². The highest BCUT2D eigenvalue weighted by molar-refractivity contribution is 5.68. The number of hydrogen-bond acceptors (Lipinski definition) is 4. The van der Waals surface area contributed by atoms with E-state index in [2.05, 4.69) is 5.43 Å². The predicted molar refractivity (Wildman–Crippen MR) is 73.2 cm³/mol. The Balaban J connectivity index is 1.87. The van der Waals surface area contributed by atoms with Crippen molar-refractivity contribution in [3.8, 4) is 0 Å². The van der Waals surface area contributed by atoms with Crippen molar-refractivity contribution in [2.24, 2.45) is 5.84 Å². The van der Waals surface area contributed by atoms with E-state index in [-0.39, 0.29) is 12.1 Å². The van der Waals surface area contributed by atoms with Gasteiger partial charge in [0, 0.05) is 19.1 Å². The Kier molecular flexibility index (Phi) is 5.18. The average molecular weight is 263 g/mol. The van der Waals surface area contributed by atoms with E-state index >= 15 is 0 Å². The number of carbonyl (C=O) groups excluding carboxylic acids is 1. The van der Waals surface area contributed by atoms with Gasteiger partial charge in [0.15, 0.2) is 0 Å². The first-order chi connectivity index (χ1) is 9.31. The number of ether oxygens (including phenoxy) is 1. The quantitative estimate of drug-likeness (QED) is 0.640. The maximum absolute atomic E-state index is 12.1. The first kappa shape index (κ1) is 13.8. The first-order valence-corrected chi connectivity index (χ1v) is 6.72. The third-order valence-electron chi connectivity index (χ3n) is 3.42. The number of hydrazine groups is 1. The lowest BCUT2D eigenvalue weighted by atomic mass is 10.0. The molecule has 0 saturated carbocycles. The van der Waals surface area contributed by atoms with E-state index < -0.39 is 0 Å². The Bertz CT molecular complexity index is 395. The highest BCUT2D eigenvalue weighted by Crippen LogP contribution is 2.17. The highest BCUT2D eigenvalue weighted by atomic mass is 16.6. The molecule has 0 spiro atoms. The second-order valence-corrected chi connectivity index (χ2v) is 4.79. The molecular weight excluding hydrogens is 242 g/mol. The van der Waals surface area contributed by atoms with Gasteiger partial charge >= 0.3 is 6.09 Å². The molecule has 5 heteroatoms. The number of nitrogens with zero attached hydrogens (tertiary/aromatic N) is 1. The van der Waals surface area contributed by atoms with Crippen LogP contribution in [0.2, 0.25) is 0 Å². The number of nitrogens with two attached hydrogens (primary N) is 1. The molecular formula is C14H21N3O2. The number of amides is 1. The molecule has 0 aliphatic carbocycles. The van der Waals surface area contributed by atoms with Crippen LogP contribution in [0.15, 0.2) is 30.3 Å². The van der Waals surface area contributed by atoms with Crippen LogP contribution in [0.4, 0.5) is 4.79 Å². The summed E-state index contributed by atoms with van der Waals surface area (Å²) < 4.78 is 5.36. The molecule has 5 nitrogen and oxygen atoms in total. The van der Waals surface area contributed by atoms with Crippen LogP contribution in [-0.4, -0.2) is 30.1 Å². The normalized spacial score (nSPS) is 19.2. The van der Waals surface area contributed by atoms with Gasteiger partial charge in [0.25, 0.3) is 0 Å². The molecule has 0 bridgehead atoms. The Morgan fingerprint density at radius 3 is 2.89 bits per heavy atom. The molecule has 1 aliphatic heterocycles. The molecule has 3 N–H and O–H groups in total. The van der Waals surface area contributed by atoms with Gasteiger partial charge in [0.1, 0.15) is 6.61 Å². The van der Waals surface area contributed by atoms with Crippen molar-refractivity contribution in [1.29, 1.82) is 0 Å². The molecule has 0 radical (unpaired) electrons. The summed E-state index contributed by atoms with van der Waals surface area (Å²) in [5.41, 5.74) is 3.65. The lowest BCUT2D eigenvalue weighted by molar-refractivity contribution is 0.0680. The average Bonchev–Trinajstić information content (AvgIpc) is 2.47. The number of carbonyl (C=O) groups is 1. The third kappa shape index (κ3) is 3.94. The molecule has 1 atom stereocenters. The van der Waals surface area contributed by atoms with Crippen LogP contribution in [0.1, 0.15) is 24.8 Å². The van der Waals surface area contributed by atoms with Crippen molar-refractivity contribution in [2.45, 2.75) is 31.9 Å². The summed E-state index contributed by atoms with van der Waals surface area (Å²) in [4.78, 5) is 13.9. The van der Waals surface area contributed by atoms with Crippen molar-refractivity contribution in [1.82, 2.24) is 10.3 Å². The van der Waals surface area contributed by atoms with Crippen LogP contribution in [0.5, 0.6) is 0 Å². The van der Waals surface area contributed by atoms with Gasteiger partial charge in [-0.2, -0.15) is 0 Å². The minimum absolute atomic E-state index is 0.141. The van der Waals surface area contributed by atoms with Gasteiger partial charge in [-0.3, -0.25) is 11.3 Å². The summed E-state index contributed by atoms with van der Waals surface area (Å²) in [6.45, 7) is 1.68. The van der Waals surface area contributed by atoms with Gasteiger partial charge in [-0.1, -0.05) is 30.3 Å². The Morgan fingerprint density at radius 2 is 2.16 bits per heavy atom. The van der Waals surface area contributed by atoms with E-state index in [9.17, 15) is 4.79 Å². The second kappa shape index (κ2) is 7.11. The smallest absolute Gasteiger partial charge is 0.410 e. The zero-order valence-electron chi connectivity index (χ0n) is 11.0. The van der Waals surface area contributed by atoms with Crippen LogP contribution in [0, 0.1) is 0 Å². The van der Waals surface area contributed by atoms with Gasteiger partial charge in [0.2, 0.25) is 0 Å². The van der Waals surface area contributed by atoms with Crippen molar-refractivity contribution in [3.05, 3.63) is 35.9 Å². The van der Waals surface area contributed by atoms with Gasteiger partial charge in [0.05, 0.1) is 0 Å². The van der Waals surface area contributed by atoms with E-state index in [1.165, 1.54) is 0 Å². The van der Waals surface area contributed by atoms with Gasteiger partial charge in [-0.15, -0.1) is 0 Å². The topological polar surface area (TPSA) is 67.6 Å². The molecule has 1 amide bonds. The van der Waals surface area contributed by atoms with E-state index in [1.54, 1.807) is 4.90 Å². The van der Waals surface area contributed by atoms with Crippen LogP contribution in [0.25, 0.3) is 0 Å². The van der Waals surface area contributed by atoms with Gasteiger partial charge in [-0.05, 0) is 24.8 Å². The fourth-order valence-electron chi connectivity index (χ4n) is 2.39. The zero-order chi connectivity index (χ0) is 13.5. The van der Waals surface area contributed by atoms with Crippen LogP contribution < -0.4 is 11.3 Å². The summed E-state index contributed by atoms with van der Waals surface area (Å²) in [5, 5.41) is 0. The van der Waals surface area contributed by atoms with Crippen molar-refractivity contribution in [3.63, 3.8) is 0 Å². The largest absolute Gasteiger partial charge is 0.445 e. The standard InChI is InChI=1S/C14H21N3O2/c15-16-10-13-8-4-5-9-17(13)14(18)19-11-12-6-2-1-3-7-12/h1-3,6-7,13,16H,4-5,8-11,15H2. The van der Waals surface area contributed by atoms with Crippen molar-refractivity contribution >= 4 is 6.09 Å². The van der Waals surface area contributed by atoms with Crippen LogP contribution in [0.3, 0.4) is 0 Å². The summed E-state index contributed by atoms with van der Waals surface area (Å²) in [6, 6.07) is 9.85. The minimum atomic E-state index is -0.246. The first-order valence-electron chi connectivity index (χ1n) is 6.72. The van der Waals surface area contributed by atoms with Gasteiger partial charge < -0.3 is 9.64 Å². The minimum Gasteiger partial charge on any atom is -0.445 e. The Morgan fingerprint density at radius 1 is 1.37 bits per heavy atom. The molecule has 1 fully saturated rings. The molecule has 19 heavy (non-hydrogen) atoms. The summed E-state index contributed by atoms with van der Waals surface area (Å²) >= 11 is 0.